The SMILES string of the molecule is CCCCC(CC)CNC(=O)NC(CCC)NC(=O)Nc1ccc(N=Nc2ccccc2[N+](=O)[O-])cc1. The van der Waals surface area contributed by atoms with Crippen LogP contribution in [0.25, 0.3) is 0 Å². The standard InChI is InChI=1S/C26H37N7O4/c1-4-7-11-19(6-3)18-27-25(34)29-24(10-5-2)30-26(35)28-20-14-16-21(17-15-20)31-32-22-12-8-9-13-23(22)33(36)37/h8-9,12-17,19,24H,4-7,10-11,18H2,1-3H3,(H2,27,29,34)(H2,28,30,35). The highest BCUT2D eigenvalue weighted by Crippen LogP contribution is 2.28. The van der Waals surface area contributed by atoms with E-state index in [9.17, 15) is 19.7 Å². The summed E-state index contributed by atoms with van der Waals surface area (Å²) < 4.78 is 0. The number of nitro benzene ring substituents is 1. The fourth-order valence-electron chi connectivity index (χ4n) is 3.61. The molecule has 0 aliphatic carbocycles. The van der Waals surface area contributed by atoms with Crippen LogP contribution in [0.3, 0.4) is 0 Å². The predicted molar refractivity (Wildman–Crippen MR) is 144 cm³/mol. The van der Waals surface area contributed by atoms with Gasteiger partial charge in [-0.05, 0) is 49.1 Å². The number of nitrogens with zero attached hydrogens (tertiary/aromatic N) is 3. The van der Waals surface area contributed by atoms with Gasteiger partial charge >= 0.3 is 12.1 Å². The minimum absolute atomic E-state index is 0.133. The fourth-order valence-corrected chi connectivity index (χ4v) is 3.61. The van der Waals surface area contributed by atoms with Gasteiger partial charge in [0.1, 0.15) is 6.17 Å². The van der Waals surface area contributed by atoms with Crippen LogP contribution in [-0.4, -0.2) is 29.7 Å². The van der Waals surface area contributed by atoms with Gasteiger partial charge in [-0.3, -0.25) is 10.1 Å². The monoisotopic (exact) mass is 511 g/mol. The molecule has 0 fully saturated rings. The van der Waals surface area contributed by atoms with Gasteiger partial charge in [0.05, 0.1) is 10.6 Å². The number of rotatable bonds is 14. The molecule has 2 unspecified atom stereocenters. The van der Waals surface area contributed by atoms with Crippen molar-refractivity contribution in [2.24, 2.45) is 16.1 Å². The van der Waals surface area contributed by atoms with E-state index in [-0.39, 0.29) is 17.4 Å². The molecule has 0 aromatic heterocycles. The lowest BCUT2D eigenvalue weighted by molar-refractivity contribution is -0.384. The number of para-hydroxylation sites is 1. The molecule has 11 heteroatoms. The Balaban J connectivity index is 1.88. The van der Waals surface area contributed by atoms with Crippen LogP contribution in [0.4, 0.5) is 32.3 Å². The molecule has 0 spiro atoms. The molecule has 4 amide bonds. The van der Waals surface area contributed by atoms with Crippen LogP contribution in [-0.2, 0) is 0 Å². The number of carbonyl (C=O) groups excluding carboxylic acids is 2. The van der Waals surface area contributed by atoms with Gasteiger partial charge in [-0.1, -0.05) is 58.6 Å². The summed E-state index contributed by atoms with van der Waals surface area (Å²) in [6, 6.07) is 11.9. The number of nitrogens with one attached hydrogen (secondary N) is 4. The number of urea groups is 2. The Hall–Kier alpha value is -4.02. The van der Waals surface area contributed by atoms with Crippen LogP contribution in [0.2, 0.25) is 0 Å². The number of azo groups is 1. The van der Waals surface area contributed by atoms with Crippen LogP contribution >= 0.6 is 0 Å². The Kier molecular flexibility index (Phi) is 12.5. The molecule has 0 saturated heterocycles. The zero-order valence-corrected chi connectivity index (χ0v) is 21.7. The summed E-state index contributed by atoms with van der Waals surface area (Å²) in [6.45, 7) is 6.85. The number of amides is 4. The van der Waals surface area contributed by atoms with Crippen LogP contribution < -0.4 is 21.3 Å². The first kappa shape index (κ1) is 29.2. The maximum Gasteiger partial charge on any atom is 0.320 e. The van der Waals surface area contributed by atoms with Crippen molar-refractivity contribution in [3.63, 3.8) is 0 Å². The van der Waals surface area contributed by atoms with Gasteiger partial charge in [0, 0.05) is 18.3 Å². The van der Waals surface area contributed by atoms with Crippen LogP contribution in [0.1, 0.15) is 59.3 Å². The Labute approximate surface area is 217 Å². The van der Waals surface area contributed by atoms with Gasteiger partial charge in [-0.15, -0.1) is 5.11 Å². The number of hydrogen-bond donors (Lipinski definition) is 4. The molecule has 0 radical (unpaired) electrons. The van der Waals surface area contributed by atoms with Crippen molar-refractivity contribution in [3.8, 4) is 0 Å². The quantitative estimate of drug-likeness (QED) is 0.0957. The van der Waals surface area contributed by atoms with Gasteiger partial charge in [0.25, 0.3) is 5.69 Å². The molecular formula is C26H37N7O4. The Bertz CT molecular complexity index is 1040. The first-order valence-corrected chi connectivity index (χ1v) is 12.7. The molecule has 11 nitrogen and oxygen atoms in total. The summed E-state index contributed by atoms with van der Waals surface area (Å²) in [4.78, 5) is 35.5. The molecule has 2 aromatic carbocycles. The molecule has 2 atom stereocenters. The van der Waals surface area contributed by atoms with E-state index in [4.69, 9.17) is 0 Å². The van der Waals surface area contributed by atoms with Crippen molar-refractivity contribution in [3.05, 3.63) is 58.6 Å². The Morgan fingerprint density at radius 1 is 0.919 bits per heavy atom. The smallest absolute Gasteiger partial charge is 0.320 e. The van der Waals surface area contributed by atoms with Crippen molar-refractivity contribution >= 4 is 34.8 Å². The van der Waals surface area contributed by atoms with Gasteiger partial charge in [0.2, 0.25) is 0 Å². The van der Waals surface area contributed by atoms with E-state index in [1.807, 2.05) is 6.92 Å². The molecule has 0 saturated carbocycles. The lowest BCUT2D eigenvalue weighted by atomic mass is 9.99. The lowest BCUT2D eigenvalue weighted by Crippen LogP contribution is -2.52. The maximum atomic E-state index is 12.5. The zero-order chi connectivity index (χ0) is 27.0. The highest BCUT2D eigenvalue weighted by Gasteiger charge is 2.16. The number of nitro groups is 1. The summed E-state index contributed by atoms with van der Waals surface area (Å²) in [5.74, 6) is 0.442. The second kappa shape index (κ2) is 15.9. The first-order chi connectivity index (χ1) is 17.9. The average molecular weight is 512 g/mol. The van der Waals surface area contributed by atoms with Gasteiger partial charge < -0.3 is 21.3 Å². The van der Waals surface area contributed by atoms with Crippen molar-refractivity contribution in [2.45, 2.75) is 65.5 Å². The van der Waals surface area contributed by atoms with Gasteiger partial charge in [0.15, 0.2) is 5.69 Å². The van der Waals surface area contributed by atoms with Gasteiger partial charge in [-0.2, -0.15) is 5.11 Å². The number of anilines is 1. The molecule has 0 aliphatic heterocycles. The van der Waals surface area contributed by atoms with Crippen LogP contribution in [0, 0.1) is 16.0 Å². The highest BCUT2D eigenvalue weighted by molar-refractivity contribution is 5.89. The Morgan fingerprint density at radius 3 is 2.27 bits per heavy atom. The average Bonchev–Trinajstić information content (AvgIpc) is 2.88. The molecule has 0 aliphatic rings. The fraction of sp³-hybridized carbons (Fsp3) is 0.462. The van der Waals surface area contributed by atoms with Crippen molar-refractivity contribution in [2.75, 3.05) is 11.9 Å². The normalized spacial score (nSPS) is 12.5. The van der Waals surface area contributed by atoms with E-state index < -0.39 is 17.1 Å². The predicted octanol–water partition coefficient (Wildman–Crippen LogP) is 6.77. The minimum atomic E-state index is -0.518. The Morgan fingerprint density at radius 2 is 1.62 bits per heavy atom. The molecule has 200 valence electrons. The number of benzene rings is 2. The van der Waals surface area contributed by atoms with Gasteiger partial charge in [-0.25, -0.2) is 9.59 Å². The molecule has 4 N–H and O–H groups in total. The number of hydrogen-bond acceptors (Lipinski definition) is 6. The topological polar surface area (TPSA) is 150 Å². The van der Waals surface area contributed by atoms with Crippen LogP contribution in [0.15, 0.2) is 58.8 Å². The third-order valence-electron chi connectivity index (χ3n) is 5.76. The molecule has 2 rings (SSSR count). The summed E-state index contributed by atoms with van der Waals surface area (Å²) in [5.41, 5.74) is 1.00. The summed E-state index contributed by atoms with van der Waals surface area (Å²) >= 11 is 0. The summed E-state index contributed by atoms with van der Waals surface area (Å²) in [6.07, 6.45) is 5.20. The molecule has 0 bridgehead atoms. The van der Waals surface area contributed by atoms with Crippen molar-refractivity contribution in [1.29, 1.82) is 0 Å². The zero-order valence-electron chi connectivity index (χ0n) is 21.7. The minimum Gasteiger partial charge on any atom is -0.338 e. The summed E-state index contributed by atoms with van der Waals surface area (Å²) in [5, 5.41) is 30.3. The second-order valence-electron chi connectivity index (χ2n) is 8.70. The maximum absolute atomic E-state index is 12.5. The molecule has 2 aromatic rings. The van der Waals surface area contributed by atoms with E-state index >= 15 is 0 Å². The largest absolute Gasteiger partial charge is 0.338 e. The van der Waals surface area contributed by atoms with E-state index in [1.54, 1.807) is 36.4 Å². The van der Waals surface area contributed by atoms with E-state index in [0.29, 0.717) is 30.3 Å². The van der Waals surface area contributed by atoms with Crippen molar-refractivity contribution < 1.29 is 14.5 Å². The third-order valence-corrected chi connectivity index (χ3v) is 5.76. The lowest BCUT2D eigenvalue weighted by Gasteiger charge is -2.21. The van der Waals surface area contributed by atoms with Crippen LogP contribution in [0.5, 0.6) is 0 Å². The molecule has 37 heavy (non-hydrogen) atoms. The molecular weight excluding hydrogens is 474 g/mol. The van der Waals surface area contributed by atoms with E-state index in [0.717, 1.165) is 32.1 Å². The molecule has 0 heterocycles. The highest BCUT2D eigenvalue weighted by atomic mass is 16.6. The van der Waals surface area contributed by atoms with Crippen molar-refractivity contribution in [1.82, 2.24) is 16.0 Å². The van der Waals surface area contributed by atoms with E-state index in [1.165, 1.54) is 12.1 Å². The summed E-state index contributed by atoms with van der Waals surface area (Å²) in [7, 11) is 0. The number of carbonyl (C=O) groups is 2. The second-order valence-corrected chi connectivity index (χ2v) is 8.70. The van der Waals surface area contributed by atoms with E-state index in [2.05, 4.69) is 45.3 Å². The third kappa shape index (κ3) is 10.6. The first-order valence-electron chi connectivity index (χ1n) is 12.7. The number of unbranched alkanes of at least 4 members (excludes halogenated alkanes) is 1.